The van der Waals surface area contributed by atoms with Crippen molar-refractivity contribution in [2.45, 2.75) is 0 Å². The van der Waals surface area contributed by atoms with Gasteiger partial charge >= 0.3 is 0 Å². The summed E-state index contributed by atoms with van der Waals surface area (Å²) in [6.45, 7) is 0. The molecule has 0 atom stereocenters. The summed E-state index contributed by atoms with van der Waals surface area (Å²) in [5.74, 6) is 0.597. The van der Waals surface area contributed by atoms with Crippen molar-refractivity contribution in [3.05, 3.63) is 55.4 Å². The molecule has 0 aliphatic heterocycles. The Labute approximate surface area is 113 Å². The van der Waals surface area contributed by atoms with E-state index in [1.165, 1.54) is 24.9 Å². The number of nitrogens with one attached hydrogen (secondary N) is 1. The molecule has 3 heterocycles. The van der Waals surface area contributed by atoms with E-state index in [0.717, 1.165) is 0 Å². The molecule has 0 bridgehead atoms. The Bertz CT molecular complexity index is 712. The van der Waals surface area contributed by atoms with Gasteiger partial charge in [-0.25, -0.2) is 19.9 Å². The number of carbonyl (C=O) groups excluding carboxylic acids is 1. The van der Waals surface area contributed by atoms with Crippen LogP contribution in [-0.4, -0.2) is 35.4 Å². The number of amides is 1. The van der Waals surface area contributed by atoms with Gasteiger partial charge in [-0.3, -0.25) is 14.3 Å². The fourth-order valence-corrected chi connectivity index (χ4v) is 1.55. The van der Waals surface area contributed by atoms with Crippen molar-refractivity contribution in [3.63, 3.8) is 0 Å². The summed E-state index contributed by atoms with van der Waals surface area (Å²) in [5.41, 5.74) is 0.218. The van der Waals surface area contributed by atoms with Gasteiger partial charge in [-0.05, 0) is 0 Å². The minimum atomic E-state index is -0.381. The number of imidazole rings is 1. The van der Waals surface area contributed by atoms with E-state index in [1.54, 1.807) is 29.4 Å². The van der Waals surface area contributed by atoms with Gasteiger partial charge in [0.1, 0.15) is 30.0 Å². The Balaban J connectivity index is 1.82. The molecule has 8 heteroatoms. The maximum absolute atomic E-state index is 11.9. The Kier molecular flexibility index (Phi) is 3.11. The number of carbonyl (C=O) groups is 1. The summed E-state index contributed by atoms with van der Waals surface area (Å²) in [6, 6.07) is 1.63. The monoisotopic (exact) mass is 267 g/mol. The number of aromatic nitrogens is 6. The molecule has 0 fully saturated rings. The van der Waals surface area contributed by atoms with Crippen molar-refractivity contribution in [1.82, 2.24) is 29.5 Å². The molecule has 1 N–H and O–H groups in total. The molecule has 0 spiro atoms. The molecule has 0 aliphatic carbocycles. The van der Waals surface area contributed by atoms with Crippen LogP contribution >= 0.6 is 0 Å². The van der Waals surface area contributed by atoms with Crippen molar-refractivity contribution >= 4 is 11.7 Å². The number of hydrogen-bond donors (Lipinski definition) is 1. The van der Waals surface area contributed by atoms with Gasteiger partial charge in [-0.1, -0.05) is 0 Å². The van der Waals surface area contributed by atoms with E-state index >= 15 is 0 Å². The molecule has 20 heavy (non-hydrogen) atoms. The van der Waals surface area contributed by atoms with E-state index in [-0.39, 0.29) is 11.6 Å². The highest BCUT2D eigenvalue weighted by atomic mass is 16.1. The average molecular weight is 267 g/mol. The fraction of sp³-hybridized carbons (Fsp3) is 0. The second kappa shape index (κ2) is 5.22. The van der Waals surface area contributed by atoms with Crippen molar-refractivity contribution in [1.29, 1.82) is 0 Å². The van der Waals surface area contributed by atoms with E-state index in [1.807, 2.05) is 0 Å². The van der Waals surface area contributed by atoms with Crippen LogP contribution in [0.5, 0.6) is 0 Å². The molecule has 0 aliphatic rings. The highest BCUT2D eigenvalue weighted by molar-refractivity contribution is 6.02. The summed E-state index contributed by atoms with van der Waals surface area (Å²) in [6.07, 6.45) is 10.7. The molecule has 0 radical (unpaired) electrons. The van der Waals surface area contributed by atoms with Crippen LogP contribution in [0.1, 0.15) is 10.5 Å². The highest BCUT2D eigenvalue weighted by Gasteiger charge is 2.09. The van der Waals surface area contributed by atoms with Crippen LogP contribution < -0.4 is 5.32 Å². The molecule has 3 aromatic heterocycles. The van der Waals surface area contributed by atoms with Crippen LogP contribution in [0.2, 0.25) is 0 Å². The van der Waals surface area contributed by atoms with Gasteiger partial charge in [-0.15, -0.1) is 0 Å². The molecule has 0 saturated heterocycles. The SMILES string of the molecule is O=C(Nc1cc(-n2ccnc2)ncn1)c1cnccn1. The average Bonchev–Trinajstić information content (AvgIpc) is 3.03. The standard InChI is InChI=1S/C12H9N7O/c20-12(9-6-13-1-2-15-9)18-10-5-11(17-7-16-10)19-4-3-14-8-19/h1-8H,(H,16,17,18,20). The molecular weight excluding hydrogens is 258 g/mol. The summed E-state index contributed by atoms with van der Waals surface area (Å²) < 4.78 is 1.71. The van der Waals surface area contributed by atoms with Crippen molar-refractivity contribution in [2.24, 2.45) is 0 Å². The summed E-state index contributed by atoms with van der Waals surface area (Å²) in [4.78, 5) is 31.7. The van der Waals surface area contributed by atoms with Gasteiger partial charge < -0.3 is 5.32 Å². The quantitative estimate of drug-likeness (QED) is 0.750. The third-order valence-electron chi connectivity index (χ3n) is 2.46. The summed E-state index contributed by atoms with van der Waals surface area (Å²) >= 11 is 0. The Morgan fingerprint density at radius 3 is 2.80 bits per heavy atom. The first-order valence-electron chi connectivity index (χ1n) is 5.71. The molecule has 1 amide bonds. The highest BCUT2D eigenvalue weighted by Crippen LogP contribution is 2.09. The van der Waals surface area contributed by atoms with Crippen LogP contribution in [0, 0.1) is 0 Å². The van der Waals surface area contributed by atoms with Gasteiger partial charge in [0.2, 0.25) is 0 Å². The second-order valence-corrected chi connectivity index (χ2v) is 3.78. The van der Waals surface area contributed by atoms with Crippen LogP contribution in [0.15, 0.2) is 49.7 Å². The normalized spacial score (nSPS) is 10.2. The predicted octanol–water partition coefficient (Wildman–Crippen LogP) is 0.705. The van der Waals surface area contributed by atoms with Gasteiger partial charge in [0, 0.05) is 30.9 Å². The zero-order valence-electron chi connectivity index (χ0n) is 10.2. The minimum Gasteiger partial charge on any atom is -0.305 e. The van der Waals surface area contributed by atoms with Crippen molar-refractivity contribution in [3.8, 4) is 5.82 Å². The first kappa shape index (κ1) is 11.9. The van der Waals surface area contributed by atoms with Crippen LogP contribution in [-0.2, 0) is 0 Å². The lowest BCUT2D eigenvalue weighted by Crippen LogP contribution is -2.15. The van der Waals surface area contributed by atoms with E-state index in [4.69, 9.17) is 0 Å². The van der Waals surface area contributed by atoms with Crippen molar-refractivity contribution in [2.75, 3.05) is 5.32 Å². The van der Waals surface area contributed by atoms with Gasteiger partial charge in [-0.2, -0.15) is 0 Å². The molecule has 0 saturated carbocycles. The zero-order chi connectivity index (χ0) is 13.8. The number of rotatable bonds is 3. The summed E-state index contributed by atoms with van der Waals surface area (Å²) in [7, 11) is 0. The maximum Gasteiger partial charge on any atom is 0.277 e. The molecule has 3 rings (SSSR count). The predicted molar refractivity (Wildman–Crippen MR) is 69.1 cm³/mol. The van der Waals surface area contributed by atoms with E-state index in [0.29, 0.717) is 11.6 Å². The van der Waals surface area contributed by atoms with Gasteiger partial charge in [0.15, 0.2) is 0 Å². The van der Waals surface area contributed by atoms with Gasteiger partial charge in [0.25, 0.3) is 5.91 Å². The Morgan fingerprint density at radius 1 is 1.10 bits per heavy atom. The zero-order valence-corrected chi connectivity index (χ0v) is 10.2. The van der Waals surface area contributed by atoms with E-state index in [9.17, 15) is 4.79 Å². The minimum absolute atomic E-state index is 0.218. The van der Waals surface area contributed by atoms with Crippen LogP contribution in [0.4, 0.5) is 5.82 Å². The lowest BCUT2D eigenvalue weighted by Gasteiger charge is -2.05. The van der Waals surface area contributed by atoms with Crippen LogP contribution in [0.3, 0.4) is 0 Å². The second-order valence-electron chi connectivity index (χ2n) is 3.78. The first-order chi connectivity index (χ1) is 9.83. The van der Waals surface area contributed by atoms with E-state index in [2.05, 4.69) is 30.2 Å². The Hall–Kier alpha value is -3.16. The fourth-order valence-electron chi connectivity index (χ4n) is 1.55. The molecule has 0 aromatic carbocycles. The molecular formula is C12H9N7O. The number of anilines is 1. The third kappa shape index (κ3) is 2.48. The molecule has 0 unspecified atom stereocenters. The maximum atomic E-state index is 11.9. The first-order valence-corrected chi connectivity index (χ1v) is 5.71. The lowest BCUT2D eigenvalue weighted by molar-refractivity contribution is 0.102. The van der Waals surface area contributed by atoms with Crippen LogP contribution in [0.25, 0.3) is 5.82 Å². The number of nitrogens with zero attached hydrogens (tertiary/aromatic N) is 6. The van der Waals surface area contributed by atoms with Gasteiger partial charge in [0.05, 0.1) is 6.20 Å². The Morgan fingerprint density at radius 2 is 2.05 bits per heavy atom. The molecule has 98 valence electrons. The smallest absolute Gasteiger partial charge is 0.277 e. The topological polar surface area (TPSA) is 98.5 Å². The number of hydrogen-bond acceptors (Lipinski definition) is 6. The molecule has 3 aromatic rings. The summed E-state index contributed by atoms with van der Waals surface area (Å²) in [5, 5.41) is 2.63. The molecule has 8 nitrogen and oxygen atoms in total. The van der Waals surface area contributed by atoms with Crippen molar-refractivity contribution < 1.29 is 4.79 Å². The lowest BCUT2D eigenvalue weighted by atomic mass is 10.4. The largest absolute Gasteiger partial charge is 0.305 e. The third-order valence-corrected chi connectivity index (χ3v) is 2.46. The van der Waals surface area contributed by atoms with E-state index < -0.39 is 0 Å².